The maximum Gasteiger partial charge on any atom is 0.236 e. The minimum absolute atomic E-state index is 0.221. The fourth-order valence-electron chi connectivity index (χ4n) is 1.99. The van der Waals surface area contributed by atoms with Gasteiger partial charge in [0.05, 0.1) is 0 Å². The third-order valence-electron chi connectivity index (χ3n) is 2.88. The van der Waals surface area contributed by atoms with Gasteiger partial charge in [0.1, 0.15) is 0 Å². The maximum atomic E-state index is 11.5. The third-order valence-corrected chi connectivity index (χ3v) is 2.88. The monoisotopic (exact) mass is 218 g/mol. The topological polar surface area (TPSA) is 32.3 Å². The van der Waals surface area contributed by atoms with Gasteiger partial charge >= 0.3 is 0 Å². The number of amides is 1. The van der Waals surface area contributed by atoms with Gasteiger partial charge in [0.15, 0.2) is 0 Å². The highest BCUT2D eigenvalue weighted by molar-refractivity contribution is 5.76. The molecule has 1 fully saturated rings. The van der Waals surface area contributed by atoms with E-state index in [9.17, 15) is 4.79 Å². The van der Waals surface area contributed by atoms with Crippen LogP contribution in [-0.2, 0) is 11.2 Å². The van der Waals surface area contributed by atoms with Crippen LogP contribution in [0.2, 0.25) is 0 Å². The Kier molecular flexibility index (Phi) is 3.57. The van der Waals surface area contributed by atoms with E-state index in [4.69, 9.17) is 0 Å². The van der Waals surface area contributed by atoms with E-state index in [-0.39, 0.29) is 5.91 Å². The van der Waals surface area contributed by atoms with Crippen molar-refractivity contribution < 1.29 is 4.79 Å². The van der Waals surface area contributed by atoms with Crippen LogP contribution in [0.4, 0.5) is 0 Å². The van der Waals surface area contributed by atoms with Crippen LogP contribution in [0.25, 0.3) is 0 Å². The fourth-order valence-corrected chi connectivity index (χ4v) is 1.99. The third kappa shape index (κ3) is 2.83. The number of nitrogens with zero attached hydrogens (tertiary/aromatic N) is 1. The van der Waals surface area contributed by atoms with Gasteiger partial charge in [0.2, 0.25) is 5.91 Å². The van der Waals surface area contributed by atoms with E-state index in [1.165, 1.54) is 11.1 Å². The molecule has 0 aromatic heterocycles. The van der Waals surface area contributed by atoms with Crippen LogP contribution in [-0.4, -0.2) is 24.0 Å². The van der Waals surface area contributed by atoms with Gasteiger partial charge in [0, 0.05) is 19.5 Å². The average Bonchev–Trinajstić information content (AvgIpc) is 2.28. The second kappa shape index (κ2) is 5.12. The van der Waals surface area contributed by atoms with Gasteiger partial charge in [0.25, 0.3) is 0 Å². The quantitative estimate of drug-likeness (QED) is 0.837. The van der Waals surface area contributed by atoms with Crippen LogP contribution in [0.3, 0.4) is 0 Å². The average molecular weight is 218 g/mol. The van der Waals surface area contributed by atoms with Crippen LogP contribution < -0.4 is 5.43 Å². The molecule has 0 aliphatic carbocycles. The van der Waals surface area contributed by atoms with E-state index in [1.807, 2.05) is 0 Å². The first-order chi connectivity index (χ1) is 7.75. The van der Waals surface area contributed by atoms with Crippen LogP contribution in [0, 0.1) is 6.92 Å². The second-order valence-corrected chi connectivity index (χ2v) is 4.30. The Hall–Kier alpha value is -1.35. The number of benzene rings is 1. The summed E-state index contributed by atoms with van der Waals surface area (Å²) < 4.78 is 0. The molecule has 2 rings (SSSR count). The summed E-state index contributed by atoms with van der Waals surface area (Å²) >= 11 is 0. The lowest BCUT2D eigenvalue weighted by Crippen LogP contribution is -2.47. The largest absolute Gasteiger partial charge is 0.278 e. The van der Waals surface area contributed by atoms with Crippen LogP contribution in [0.5, 0.6) is 0 Å². The molecule has 0 unspecified atom stereocenters. The molecule has 0 atom stereocenters. The molecular formula is C13H18N2O. The van der Waals surface area contributed by atoms with E-state index in [0.29, 0.717) is 6.42 Å². The first-order valence-corrected chi connectivity index (χ1v) is 5.85. The SMILES string of the molecule is Cc1cccc(CCN2NCCCC2=O)c1. The van der Waals surface area contributed by atoms with Gasteiger partial charge in [-0.25, -0.2) is 5.43 Å². The predicted molar refractivity (Wildman–Crippen MR) is 63.8 cm³/mol. The summed E-state index contributed by atoms with van der Waals surface area (Å²) in [6.45, 7) is 3.77. The van der Waals surface area contributed by atoms with Crippen molar-refractivity contribution in [3.63, 3.8) is 0 Å². The molecule has 0 spiro atoms. The van der Waals surface area contributed by atoms with E-state index in [0.717, 1.165) is 25.9 Å². The fraction of sp³-hybridized carbons (Fsp3) is 0.462. The van der Waals surface area contributed by atoms with Crippen molar-refractivity contribution in [1.82, 2.24) is 10.4 Å². The predicted octanol–water partition coefficient (Wildman–Crippen LogP) is 1.66. The van der Waals surface area contributed by atoms with Crippen molar-refractivity contribution in [1.29, 1.82) is 0 Å². The molecule has 3 heteroatoms. The van der Waals surface area contributed by atoms with E-state index in [2.05, 4.69) is 36.6 Å². The molecule has 0 saturated carbocycles. The molecule has 1 amide bonds. The summed E-state index contributed by atoms with van der Waals surface area (Å²) in [6, 6.07) is 8.44. The summed E-state index contributed by atoms with van der Waals surface area (Å²) in [5, 5.41) is 1.76. The van der Waals surface area contributed by atoms with Gasteiger partial charge in [-0.15, -0.1) is 0 Å². The lowest BCUT2D eigenvalue weighted by atomic mass is 10.1. The molecule has 0 radical (unpaired) electrons. The molecule has 3 nitrogen and oxygen atoms in total. The highest BCUT2D eigenvalue weighted by Crippen LogP contribution is 2.07. The Morgan fingerprint density at radius 3 is 3.06 bits per heavy atom. The van der Waals surface area contributed by atoms with Crippen molar-refractivity contribution in [2.24, 2.45) is 0 Å². The van der Waals surface area contributed by atoms with Crippen molar-refractivity contribution in [3.05, 3.63) is 35.4 Å². The first kappa shape index (κ1) is 11.1. The number of nitrogens with one attached hydrogen (secondary N) is 1. The molecule has 1 aromatic carbocycles. The van der Waals surface area contributed by atoms with E-state index >= 15 is 0 Å². The highest BCUT2D eigenvalue weighted by Gasteiger charge is 2.16. The molecule has 1 N–H and O–H groups in total. The number of aryl methyl sites for hydroxylation is 1. The number of carbonyl (C=O) groups excluding carboxylic acids is 1. The lowest BCUT2D eigenvalue weighted by Gasteiger charge is -2.27. The summed E-state index contributed by atoms with van der Waals surface area (Å²) in [5.41, 5.74) is 5.70. The van der Waals surface area contributed by atoms with Gasteiger partial charge in [-0.1, -0.05) is 29.8 Å². The van der Waals surface area contributed by atoms with Crippen LogP contribution in [0.15, 0.2) is 24.3 Å². The second-order valence-electron chi connectivity index (χ2n) is 4.30. The molecular weight excluding hydrogens is 200 g/mol. The Bertz CT molecular complexity index is 376. The van der Waals surface area contributed by atoms with Crippen LogP contribution in [0.1, 0.15) is 24.0 Å². The zero-order valence-corrected chi connectivity index (χ0v) is 9.70. The standard InChI is InChI=1S/C13H18N2O/c1-11-4-2-5-12(10-11)7-9-15-13(16)6-3-8-14-15/h2,4-5,10,14H,3,6-9H2,1H3. The Balaban J connectivity index is 1.89. The normalized spacial score (nSPS) is 16.6. The summed E-state index contributed by atoms with van der Waals surface area (Å²) in [5.74, 6) is 0.221. The smallest absolute Gasteiger partial charge is 0.236 e. The number of carbonyl (C=O) groups is 1. The first-order valence-electron chi connectivity index (χ1n) is 5.85. The number of hydrogen-bond acceptors (Lipinski definition) is 2. The van der Waals surface area contributed by atoms with E-state index in [1.54, 1.807) is 5.01 Å². The zero-order chi connectivity index (χ0) is 11.4. The minimum Gasteiger partial charge on any atom is -0.278 e. The summed E-state index contributed by atoms with van der Waals surface area (Å²) in [6.07, 6.45) is 2.56. The Labute approximate surface area is 96.4 Å². The summed E-state index contributed by atoms with van der Waals surface area (Å²) in [7, 11) is 0. The highest BCUT2D eigenvalue weighted by atomic mass is 16.2. The van der Waals surface area contributed by atoms with E-state index < -0.39 is 0 Å². The number of rotatable bonds is 3. The number of hydrazine groups is 1. The van der Waals surface area contributed by atoms with Crippen molar-refractivity contribution >= 4 is 5.91 Å². The van der Waals surface area contributed by atoms with Crippen molar-refractivity contribution in [2.75, 3.05) is 13.1 Å². The molecule has 1 saturated heterocycles. The summed E-state index contributed by atoms with van der Waals surface area (Å²) in [4.78, 5) is 11.5. The van der Waals surface area contributed by atoms with Gasteiger partial charge in [-0.05, 0) is 25.3 Å². The van der Waals surface area contributed by atoms with Gasteiger partial charge in [-0.2, -0.15) is 0 Å². The minimum atomic E-state index is 0.221. The molecule has 16 heavy (non-hydrogen) atoms. The number of hydrogen-bond donors (Lipinski definition) is 1. The maximum absolute atomic E-state index is 11.5. The van der Waals surface area contributed by atoms with Crippen molar-refractivity contribution in [3.8, 4) is 0 Å². The molecule has 1 aliphatic rings. The molecule has 1 aliphatic heterocycles. The van der Waals surface area contributed by atoms with Gasteiger partial charge < -0.3 is 0 Å². The molecule has 1 heterocycles. The lowest BCUT2D eigenvalue weighted by molar-refractivity contribution is -0.136. The van der Waals surface area contributed by atoms with Crippen molar-refractivity contribution in [2.45, 2.75) is 26.2 Å². The molecule has 86 valence electrons. The van der Waals surface area contributed by atoms with Crippen LogP contribution >= 0.6 is 0 Å². The zero-order valence-electron chi connectivity index (χ0n) is 9.70. The molecule has 1 aromatic rings. The van der Waals surface area contributed by atoms with Gasteiger partial charge in [-0.3, -0.25) is 9.80 Å². The Morgan fingerprint density at radius 2 is 2.31 bits per heavy atom. The Morgan fingerprint density at radius 1 is 1.44 bits per heavy atom. The molecule has 0 bridgehead atoms.